The van der Waals surface area contributed by atoms with Gasteiger partial charge in [-0.25, -0.2) is 41.9 Å². The maximum atomic E-state index is 14.1. The Labute approximate surface area is 430 Å². The minimum Gasteiger partial charge on any atom is -0.423 e. The molecule has 5 N–H and O–H groups in total. The van der Waals surface area contributed by atoms with Crippen LogP contribution in [0.25, 0.3) is 43.7 Å². The molecule has 0 spiro atoms. The summed E-state index contributed by atoms with van der Waals surface area (Å²) < 4.78 is 70.7. The summed E-state index contributed by atoms with van der Waals surface area (Å²) in [5.74, 6) is -1.29. The number of carbonyl (C=O) groups excluding carboxylic acids is 2. The van der Waals surface area contributed by atoms with Gasteiger partial charge in [0.2, 0.25) is 0 Å². The maximum absolute atomic E-state index is 14.1. The van der Waals surface area contributed by atoms with Gasteiger partial charge in [0.15, 0.2) is 22.3 Å². The Morgan fingerprint density at radius 2 is 1.18 bits per heavy atom. The van der Waals surface area contributed by atoms with E-state index in [4.69, 9.17) is 15.8 Å². The zero-order chi connectivity index (χ0) is 49.7. The molecule has 0 aliphatic rings. The van der Waals surface area contributed by atoms with E-state index >= 15 is 0 Å². The molecular formula is C44H31BBr4F5N7O4S3. The fraction of sp³-hybridized carbons (Fsp3) is 0.0455. The van der Waals surface area contributed by atoms with Crippen molar-refractivity contribution in [2.45, 2.75) is 0 Å². The minimum atomic E-state index is -1.75. The summed E-state index contributed by atoms with van der Waals surface area (Å²) in [7, 11) is 1.76. The molecule has 9 aromatic rings. The summed E-state index contributed by atoms with van der Waals surface area (Å²) in [6.07, 6.45) is 1.37. The molecule has 5 aromatic carbocycles. The molecule has 11 nitrogen and oxygen atoms in total. The zero-order valence-corrected chi connectivity index (χ0v) is 43.6. The predicted molar refractivity (Wildman–Crippen MR) is 275 cm³/mol. The van der Waals surface area contributed by atoms with Crippen molar-refractivity contribution in [3.05, 3.63) is 165 Å². The van der Waals surface area contributed by atoms with Crippen molar-refractivity contribution in [1.29, 1.82) is 0 Å². The molecule has 0 saturated carbocycles. The van der Waals surface area contributed by atoms with Crippen LogP contribution in [0.2, 0.25) is 0 Å². The maximum Gasteiger partial charge on any atom is 0.491 e. The second-order valence-corrected chi connectivity index (χ2v) is 19.9. The van der Waals surface area contributed by atoms with Crippen LogP contribution in [0.5, 0.6) is 0 Å². The third-order valence-corrected chi connectivity index (χ3v) is 13.3. The molecule has 0 amide bonds. The number of nitrogens with zero attached hydrogens (tertiary/aromatic N) is 5. The highest BCUT2D eigenvalue weighted by atomic mass is 79.9. The Kier molecular flexibility index (Phi) is 20.2. The third-order valence-electron chi connectivity index (χ3n) is 8.68. The molecule has 0 saturated heterocycles. The summed E-state index contributed by atoms with van der Waals surface area (Å²) in [6, 6.07) is 22.3. The summed E-state index contributed by atoms with van der Waals surface area (Å²) in [5.41, 5.74) is 10.2. The van der Waals surface area contributed by atoms with Gasteiger partial charge in [0, 0.05) is 60.2 Å². The molecule has 0 aliphatic heterocycles. The standard InChI is InChI=1S/C17H10BrF2N3S.C10H5BrFNOS.C7H9FN2.C6H5BBrFO2.C4H2BrNOS/c1-23-15-7-10(19)3-5-13(15)21-16(23)14-8-24-17(22-14)11-4-2-9(18)6-12(11)20;11-6-1-2-8(9(12)3-6)10-13-7(4-14)5-15-10;1-10-7-4-5(8)2-3-6(7)9;8-4-1-2-5(7(10)11)6(9)3-4;5-4-6-3(1-7)2-8-4/h2-8H,1H3;1-5H;2-4,10H,9H2,1H3;1-3,10-11H;1-2H. The summed E-state index contributed by atoms with van der Waals surface area (Å²) in [5, 5.41) is 26.2. The van der Waals surface area contributed by atoms with E-state index in [1.807, 2.05) is 12.4 Å². The van der Waals surface area contributed by atoms with Crippen LogP contribution >= 0.6 is 97.7 Å². The topological polar surface area (TPSA) is 169 Å². The van der Waals surface area contributed by atoms with Crippen molar-refractivity contribution in [2.75, 3.05) is 18.1 Å². The van der Waals surface area contributed by atoms with Crippen LogP contribution in [0, 0.1) is 29.1 Å². The van der Waals surface area contributed by atoms with Crippen molar-refractivity contribution in [3.63, 3.8) is 0 Å². The number of aromatic nitrogens is 5. The van der Waals surface area contributed by atoms with E-state index < -0.39 is 12.9 Å². The average Bonchev–Trinajstić information content (AvgIpc) is 4.13. The minimum absolute atomic E-state index is 0.117. The first-order valence-electron chi connectivity index (χ1n) is 18.9. The number of anilines is 2. The molecule has 0 unspecified atom stereocenters. The molecule has 68 heavy (non-hydrogen) atoms. The molecular weight excluding hydrogens is 1210 g/mol. The molecule has 0 radical (unpaired) electrons. The monoisotopic (exact) mass is 1240 g/mol. The number of rotatable bonds is 7. The van der Waals surface area contributed by atoms with Crippen molar-refractivity contribution >= 4 is 145 Å². The number of hydrogen-bond donors (Lipinski definition) is 4. The van der Waals surface area contributed by atoms with Gasteiger partial charge in [-0.1, -0.05) is 53.9 Å². The normalized spacial score (nSPS) is 10.3. The van der Waals surface area contributed by atoms with Crippen LogP contribution in [-0.4, -0.2) is 61.3 Å². The van der Waals surface area contributed by atoms with E-state index in [1.165, 1.54) is 94.7 Å². The number of aldehydes is 2. The average molecular weight is 1240 g/mol. The van der Waals surface area contributed by atoms with Gasteiger partial charge in [0.1, 0.15) is 56.2 Å². The molecule has 4 heterocycles. The van der Waals surface area contributed by atoms with E-state index in [9.17, 15) is 31.5 Å². The molecule has 9 rings (SSSR count). The number of halogens is 9. The van der Waals surface area contributed by atoms with Gasteiger partial charge in [-0.15, -0.1) is 34.0 Å². The largest absolute Gasteiger partial charge is 0.491 e. The van der Waals surface area contributed by atoms with Crippen molar-refractivity contribution in [2.24, 2.45) is 7.05 Å². The van der Waals surface area contributed by atoms with Gasteiger partial charge >= 0.3 is 7.12 Å². The number of aryl methyl sites for hydroxylation is 1. The van der Waals surface area contributed by atoms with Gasteiger partial charge in [-0.05, 0) is 101 Å². The number of hydrogen-bond acceptors (Lipinski definition) is 13. The van der Waals surface area contributed by atoms with Crippen LogP contribution in [0.15, 0.2) is 124 Å². The summed E-state index contributed by atoms with van der Waals surface area (Å²) in [6.45, 7) is 0. The molecule has 350 valence electrons. The molecule has 0 bridgehead atoms. The van der Waals surface area contributed by atoms with Gasteiger partial charge in [-0.2, -0.15) is 0 Å². The van der Waals surface area contributed by atoms with Crippen LogP contribution < -0.4 is 16.5 Å². The molecule has 4 aromatic heterocycles. The van der Waals surface area contributed by atoms with Gasteiger partial charge in [0.25, 0.3) is 0 Å². The fourth-order valence-electron chi connectivity index (χ4n) is 5.46. The lowest BCUT2D eigenvalue weighted by molar-refractivity contribution is 0.111. The highest BCUT2D eigenvalue weighted by Gasteiger charge is 2.17. The highest BCUT2D eigenvalue weighted by Crippen LogP contribution is 2.33. The number of nitrogen functional groups attached to an aromatic ring is 1. The second kappa shape index (κ2) is 25.5. The number of thiazole rings is 3. The number of nitrogens with one attached hydrogen (secondary N) is 1. The number of imidazole rings is 1. The van der Waals surface area contributed by atoms with E-state index in [0.717, 1.165) is 10.2 Å². The Hall–Kier alpha value is -5.05. The Bertz CT molecular complexity index is 3180. The Balaban J connectivity index is 0.000000170. The number of benzene rings is 5. The summed E-state index contributed by atoms with van der Waals surface area (Å²) >= 11 is 16.6. The lowest BCUT2D eigenvalue weighted by Crippen LogP contribution is -2.32. The van der Waals surface area contributed by atoms with Crippen LogP contribution in [-0.2, 0) is 7.05 Å². The number of fused-ring (bicyclic) bond motifs is 1. The quantitative estimate of drug-likeness (QED) is 0.0521. The smallest absolute Gasteiger partial charge is 0.423 e. The van der Waals surface area contributed by atoms with Crippen LogP contribution in [0.1, 0.15) is 21.0 Å². The van der Waals surface area contributed by atoms with Gasteiger partial charge in [-0.3, -0.25) is 9.59 Å². The SMILES string of the molecule is CNc1cc(F)ccc1N.Cn1c(-c2csc(-c3ccc(Br)cc3F)n2)nc2ccc(F)cc21.O=Cc1csc(-c2ccc(Br)cc2F)n1.O=Cc1csc(Br)n1.OB(O)c1ccc(Br)cc1F. The summed E-state index contributed by atoms with van der Waals surface area (Å²) in [4.78, 5) is 37.2. The van der Waals surface area contributed by atoms with Crippen molar-refractivity contribution in [3.8, 4) is 32.7 Å². The van der Waals surface area contributed by atoms with E-state index in [0.29, 0.717) is 86.2 Å². The first-order chi connectivity index (χ1) is 32.4. The van der Waals surface area contributed by atoms with Crippen LogP contribution in [0.3, 0.4) is 0 Å². The highest BCUT2D eigenvalue weighted by molar-refractivity contribution is 9.11. The van der Waals surface area contributed by atoms with Gasteiger partial charge in [0.05, 0.1) is 22.4 Å². The number of carbonyl (C=O) groups is 2. The Morgan fingerprint density at radius 3 is 1.68 bits per heavy atom. The van der Waals surface area contributed by atoms with Crippen molar-refractivity contribution in [1.82, 2.24) is 24.5 Å². The Morgan fingerprint density at radius 1 is 0.647 bits per heavy atom. The zero-order valence-electron chi connectivity index (χ0n) is 34.8. The van der Waals surface area contributed by atoms with E-state index in [2.05, 4.69) is 89.0 Å². The van der Waals surface area contributed by atoms with Crippen molar-refractivity contribution < 1.29 is 41.6 Å². The van der Waals surface area contributed by atoms with Crippen LogP contribution in [0.4, 0.5) is 33.3 Å². The first-order valence-corrected chi connectivity index (χ1v) is 24.7. The van der Waals surface area contributed by atoms with Gasteiger partial charge < -0.3 is 25.7 Å². The first kappa shape index (κ1) is 53.9. The third kappa shape index (κ3) is 15.0. The molecule has 0 aliphatic carbocycles. The second-order valence-electron chi connectivity index (χ2n) is 13.3. The predicted octanol–water partition coefficient (Wildman–Crippen LogP) is 12.4. The fourth-order valence-corrected chi connectivity index (χ4v) is 9.04. The lowest BCUT2D eigenvalue weighted by atomic mass is 9.80. The van der Waals surface area contributed by atoms with E-state index in [1.54, 1.807) is 52.7 Å². The van der Waals surface area contributed by atoms with E-state index in [-0.39, 0.29) is 28.7 Å². The lowest BCUT2D eigenvalue weighted by Gasteiger charge is -2.02. The molecule has 0 atom stereocenters. The molecule has 0 fully saturated rings. The molecule has 24 heteroatoms. The number of nitrogens with two attached hydrogens (primary N) is 1.